The van der Waals surface area contributed by atoms with Gasteiger partial charge in [0.1, 0.15) is 18.1 Å². The van der Waals surface area contributed by atoms with Crippen molar-refractivity contribution in [1.29, 1.82) is 0 Å². The summed E-state index contributed by atoms with van der Waals surface area (Å²) in [6.45, 7) is 6.24. The number of nitrogens with one attached hydrogen (secondary N) is 1. The fourth-order valence-electron chi connectivity index (χ4n) is 2.40. The minimum Gasteiger partial charge on any atom is -0.496 e. The molecule has 2 rings (SSSR count). The molecule has 0 saturated carbocycles. The zero-order chi connectivity index (χ0) is 17.7. The average molecular weight is 349 g/mol. The Labute approximate surface area is 143 Å². The van der Waals surface area contributed by atoms with Gasteiger partial charge in [-0.3, -0.25) is 0 Å². The molecule has 0 aliphatic rings. The summed E-state index contributed by atoms with van der Waals surface area (Å²) in [4.78, 5) is 0.215. The van der Waals surface area contributed by atoms with Crippen LogP contribution in [-0.4, -0.2) is 28.7 Å². The van der Waals surface area contributed by atoms with Gasteiger partial charge in [-0.1, -0.05) is 17.7 Å². The van der Waals surface area contributed by atoms with Crippen LogP contribution >= 0.6 is 0 Å². The van der Waals surface area contributed by atoms with Gasteiger partial charge in [-0.05, 0) is 56.2 Å². The SMILES string of the molecule is COc1ccc(S(=O)(=O)NCCOc2ccc(C)cc2C)cc1C. The van der Waals surface area contributed by atoms with E-state index in [2.05, 4.69) is 4.72 Å². The van der Waals surface area contributed by atoms with E-state index in [0.717, 1.165) is 22.4 Å². The summed E-state index contributed by atoms with van der Waals surface area (Å²) in [7, 11) is -2.01. The first-order chi connectivity index (χ1) is 11.3. The number of sulfonamides is 1. The van der Waals surface area contributed by atoms with Crippen LogP contribution < -0.4 is 14.2 Å². The molecule has 0 radical (unpaired) electrons. The van der Waals surface area contributed by atoms with Crippen LogP contribution in [0.25, 0.3) is 0 Å². The van der Waals surface area contributed by atoms with Gasteiger partial charge in [0.25, 0.3) is 0 Å². The summed E-state index contributed by atoms with van der Waals surface area (Å²) in [5.41, 5.74) is 2.96. The van der Waals surface area contributed by atoms with Gasteiger partial charge in [-0.2, -0.15) is 0 Å². The summed E-state index contributed by atoms with van der Waals surface area (Å²) >= 11 is 0. The lowest BCUT2D eigenvalue weighted by molar-refractivity contribution is 0.320. The van der Waals surface area contributed by atoms with Crippen LogP contribution in [0.1, 0.15) is 16.7 Å². The first kappa shape index (κ1) is 18.3. The first-order valence-electron chi connectivity index (χ1n) is 7.68. The smallest absolute Gasteiger partial charge is 0.240 e. The summed E-state index contributed by atoms with van der Waals surface area (Å²) in [5.74, 6) is 1.42. The van der Waals surface area contributed by atoms with E-state index in [-0.39, 0.29) is 18.0 Å². The summed E-state index contributed by atoms with van der Waals surface area (Å²) in [6, 6.07) is 10.7. The van der Waals surface area contributed by atoms with Gasteiger partial charge in [0, 0.05) is 6.54 Å². The van der Waals surface area contributed by atoms with Crippen LogP contribution in [0.4, 0.5) is 0 Å². The lowest BCUT2D eigenvalue weighted by Crippen LogP contribution is -2.28. The van der Waals surface area contributed by atoms with Crippen molar-refractivity contribution in [2.75, 3.05) is 20.3 Å². The summed E-state index contributed by atoms with van der Waals surface area (Å²) in [5, 5.41) is 0. The monoisotopic (exact) mass is 349 g/mol. The van der Waals surface area contributed by atoms with Crippen LogP contribution in [0, 0.1) is 20.8 Å². The molecule has 0 spiro atoms. The van der Waals surface area contributed by atoms with Crippen LogP contribution in [0.5, 0.6) is 11.5 Å². The quantitative estimate of drug-likeness (QED) is 0.781. The molecule has 0 atom stereocenters. The molecule has 0 saturated heterocycles. The van der Waals surface area contributed by atoms with Crippen molar-refractivity contribution in [2.24, 2.45) is 0 Å². The zero-order valence-corrected chi connectivity index (χ0v) is 15.2. The third-order valence-electron chi connectivity index (χ3n) is 3.66. The minimum absolute atomic E-state index is 0.195. The molecule has 2 aromatic carbocycles. The molecule has 5 nitrogen and oxygen atoms in total. The molecule has 0 unspecified atom stereocenters. The largest absolute Gasteiger partial charge is 0.496 e. The van der Waals surface area contributed by atoms with E-state index in [9.17, 15) is 8.42 Å². The number of rotatable bonds is 7. The van der Waals surface area contributed by atoms with Crippen molar-refractivity contribution >= 4 is 10.0 Å². The average Bonchev–Trinajstić information content (AvgIpc) is 2.53. The highest BCUT2D eigenvalue weighted by molar-refractivity contribution is 7.89. The molecule has 24 heavy (non-hydrogen) atoms. The molecule has 0 aliphatic carbocycles. The predicted molar refractivity (Wildman–Crippen MR) is 94.3 cm³/mol. The molecule has 1 N–H and O–H groups in total. The number of benzene rings is 2. The van der Waals surface area contributed by atoms with Crippen LogP contribution in [0.15, 0.2) is 41.3 Å². The third kappa shape index (κ3) is 4.49. The molecular formula is C18H23NO4S. The van der Waals surface area contributed by atoms with E-state index < -0.39 is 10.0 Å². The highest BCUT2D eigenvalue weighted by Gasteiger charge is 2.15. The Bertz CT molecular complexity index is 816. The molecule has 2 aromatic rings. The van der Waals surface area contributed by atoms with Gasteiger partial charge in [0.15, 0.2) is 0 Å². The standard InChI is InChI=1S/C18H23NO4S/c1-13-5-7-18(14(2)11-13)23-10-9-19-24(20,21)16-6-8-17(22-4)15(3)12-16/h5-8,11-12,19H,9-10H2,1-4H3. The van der Waals surface area contributed by atoms with Crippen LogP contribution in [0.3, 0.4) is 0 Å². The van der Waals surface area contributed by atoms with Crippen LogP contribution in [0.2, 0.25) is 0 Å². The molecule has 0 fully saturated rings. The Morgan fingerprint density at radius 2 is 1.62 bits per heavy atom. The minimum atomic E-state index is -3.56. The molecule has 0 bridgehead atoms. The van der Waals surface area contributed by atoms with Crippen molar-refractivity contribution in [3.63, 3.8) is 0 Å². The zero-order valence-electron chi connectivity index (χ0n) is 14.4. The number of methoxy groups -OCH3 is 1. The summed E-state index contributed by atoms with van der Waals surface area (Å²) in [6.07, 6.45) is 0. The van der Waals surface area contributed by atoms with Crippen molar-refractivity contribution in [2.45, 2.75) is 25.7 Å². The van der Waals surface area contributed by atoms with E-state index in [1.165, 1.54) is 6.07 Å². The Kier molecular flexibility index (Phi) is 5.85. The van der Waals surface area contributed by atoms with E-state index >= 15 is 0 Å². The van der Waals surface area contributed by atoms with E-state index in [1.807, 2.05) is 32.0 Å². The highest BCUT2D eigenvalue weighted by Crippen LogP contribution is 2.21. The second kappa shape index (κ2) is 7.68. The number of aryl methyl sites for hydroxylation is 3. The van der Waals surface area contributed by atoms with E-state index in [0.29, 0.717) is 5.75 Å². The predicted octanol–water partition coefficient (Wildman–Crippen LogP) is 2.98. The Hall–Kier alpha value is -2.05. The van der Waals surface area contributed by atoms with Crippen LogP contribution in [-0.2, 0) is 10.0 Å². The third-order valence-corrected chi connectivity index (χ3v) is 5.12. The molecule has 0 heterocycles. The van der Waals surface area contributed by atoms with Crippen molar-refractivity contribution in [3.8, 4) is 11.5 Å². The lowest BCUT2D eigenvalue weighted by atomic mass is 10.1. The summed E-state index contributed by atoms with van der Waals surface area (Å²) < 4.78 is 37.9. The van der Waals surface area contributed by atoms with Gasteiger partial charge >= 0.3 is 0 Å². The Morgan fingerprint density at radius 3 is 2.25 bits per heavy atom. The molecule has 6 heteroatoms. The van der Waals surface area contributed by atoms with Crippen molar-refractivity contribution in [1.82, 2.24) is 4.72 Å². The van der Waals surface area contributed by atoms with Gasteiger partial charge in [-0.25, -0.2) is 13.1 Å². The molecular weight excluding hydrogens is 326 g/mol. The molecule has 0 aromatic heterocycles. The number of ether oxygens (including phenoxy) is 2. The highest BCUT2D eigenvalue weighted by atomic mass is 32.2. The van der Waals surface area contributed by atoms with E-state index in [1.54, 1.807) is 26.2 Å². The second-order valence-corrected chi connectivity index (χ2v) is 7.41. The maximum Gasteiger partial charge on any atom is 0.240 e. The van der Waals surface area contributed by atoms with Crippen molar-refractivity contribution < 1.29 is 17.9 Å². The fourth-order valence-corrected chi connectivity index (χ4v) is 3.50. The molecule has 0 aliphatic heterocycles. The van der Waals surface area contributed by atoms with Gasteiger partial charge in [0.2, 0.25) is 10.0 Å². The Morgan fingerprint density at radius 1 is 0.958 bits per heavy atom. The fraction of sp³-hybridized carbons (Fsp3) is 0.333. The molecule has 0 amide bonds. The Balaban J connectivity index is 1.94. The van der Waals surface area contributed by atoms with E-state index in [4.69, 9.17) is 9.47 Å². The van der Waals surface area contributed by atoms with Gasteiger partial charge in [0.05, 0.1) is 12.0 Å². The van der Waals surface area contributed by atoms with Gasteiger partial charge in [-0.15, -0.1) is 0 Å². The number of hydrogen-bond acceptors (Lipinski definition) is 4. The normalized spacial score (nSPS) is 11.3. The van der Waals surface area contributed by atoms with Crippen molar-refractivity contribution in [3.05, 3.63) is 53.1 Å². The number of hydrogen-bond donors (Lipinski definition) is 1. The second-order valence-electron chi connectivity index (χ2n) is 5.65. The maximum atomic E-state index is 12.3. The topological polar surface area (TPSA) is 64.6 Å². The maximum absolute atomic E-state index is 12.3. The molecule has 130 valence electrons. The first-order valence-corrected chi connectivity index (χ1v) is 9.16. The van der Waals surface area contributed by atoms with Gasteiger partial charge < -0.3 is 9.47 Å². The lowest BCUT2D eigenvalue weighted by Gasteiger charge is -2.12.